The first kappa shape index (κ1) is 16.8. The lowest BCUT2D eigenvalue weighted by Gasteiger charge is -2.06. The topological polar surface area (TPSA) is 58.6 Å². The third kappa shape index (κ3) is 2.82. The lowest BCUT2D eigenvalue weighted by atomic mass is 10.1. The van der Waals surface area contributed by atoms with Crippen molar-refractivity contribution in [1.82, 2.24) is 15.0 Å². The summed E-state index contributed by atoms with van der Waals surface area (Å²) in [5.74, 6) is 0.648. The normalized spacial score (nSPS) is 14.5. The standard InChI is InChI=1S/C19H12ClF2N3OS/c20-10-5-3-9(4-6-10)17-24-14-13-11(8-1-2-8)7-12(16(21)22)23-19(13)27-15(14)18(26)25-17/h3-8,16H,1-2H2,(H,24,25,26). The molecule has 3 aromatic heterocycles. The number of alkyl halides is 2. The molecule has 1 N–H and O–H groups in total. The maximum atomic E-state index is 13.3. The van der Waals surface area contributed by atoms with E-state index in [2.05, 4.69) is 15.0 Å². The summed E-state index contributed by atoms with van der Waals surface area (Å²) >= 11 is 7.04. The van der Waals surface area contributed by atoms with Crippen molar-refractivity contribution < 1.29 is 8.78 Å². The number of fused-ring (bicyclic) bond motifs is 3. The van der Waals surface area contributed by atoms with Crippen LogP contribution in [-0.4, -0.2) is 15.0 Å². The lowest BCUT2D eigenvalue weighted by molar-refractivity contribution is 0.146. The average Bonchev–Trinajstić information content (AvgIpc) is 3.42. The van der Waals surface area contributed by atoms with E-state index in [9.17, 15) is 13.6 Å². The summed E-state index contributed by atoms with van der Waals surface area (Å²) in [6.07, 6.45) is -0.744. The van der Waals surface area contributed by atoms with Crippen molar-refractivity contribution in [3.8, 4) is 11.4 Å². The Bertz CT molecular complexity index is 1250. The summed E-state index contributed by atoms with van der Waals surface area (Å²) in [6, 6.07) is 8.46. The highest BCUT2D eigenvalue weighted by atomic mass is 35.5. The maximum Gasteiger partial charge on any atom is 0.280 e. The highest BCUT2D eigenvalue weighted by Crippen LogP contribution is 2.46. The number of aromatic amines is 1. The number of aromatic nitrogens is 3. The molecule has 0 aliphatic heterocycles. The fourth-order valence-corrected chi connectivity index (χ4v) is 4.44. The van der Waals surface area contributed by atoms with Gasteiger partial charge in [-0.1, -0.05) is 11.6 Å². The second kappa shape index (κ2) is 6.07. The van der Waals surface area contributed by atoms with Crippen molar-refractivity contribution in [2.24, 2.45) is 0 Å². The molecule has 5 rings (SSSR count). The van der Waals surface area contributed by atoms with Crippen LogP contribution in [0.1, 0.15) is 36.4 Å². The van der Waals surface area contributed by atoms with E-state index >= 15 is 0 Å². The van der Waals surface area contributed by atoms with Crippen LogP contribution in [0, 0.1) is 0 Å². The quantitative estimate of drug-likeness (QED) is 0.479. The van der Waals surface area contributed by atoms with Gasteiger partial charge in [-0.05, 0) is 54.7 Å². The third-order valence-electron chi connectivity index (χ3n) is 4.71. The predicted octanol–water partition coefficient (Wildman–Crippen LogP) is 5.67. The minimum absolute atomic E-state index is 0.228. The van der Waals surface area contributed by atoms with Gasteiger partial charge >= 0.3 is 0 Å². The first-order valence-corrected chi connectivity index (χ1v) is 9.62. The van der Waals surface area contributed by atoms with Gasteiger partial charge in [0.1, 0.15) is 21.0 Å². The summed E-state index contributed by atoms with van der Waals surface area (Å²) in [4.78, 5) is 24.6. The highest BCUT2D eigenvalue weighted by molar-refractivity contribution is 7.25. The third-order valence-corrected chi connectivity index (χ3v) is 6.03. The molecule has 1 aliphatic carbocycles. The van der Waals surface area contributed by atoms with Gasteiger partial charge in [0.05, 0.1) is 5.52 Å². The zero-order valence-corrected chi connectivity index (χ0v) is 15.4. The van der Waals surface area contributed by atoms with Crippen LogP contribution in [0.15, 0.2) is 35.1 Å². The summed E-state index contributed by atoms with van der Waals surface area (Å²) in [7, 11) is 0. The molecule has 0 atom stereocenters. The molecule has 0 bridgehead atoms. The van der Waals surface area contributed by atoms with Gasteiger partial charge in [0.15, 0.2) is 0 Å². The molecule has 4 aromatic rings. The zero-order chi connectivity index (χ0) is 18.7. The van der Waals surface area contributed by atoms with E-state index in [1.807, 2.05) is 0 Å². The molecule has 0 radical (unpaired) electrons. The highest BCUT2D eigenvalue weighted by Gasteiger charge is 2.30. The van der Waals surface area contributed by atoms with Gasteiger partial charge < -0.3 is 4.98 Å². The van der Waals surface area contributed by atoms with E-state index in [0.29, 0.717) is 25.9 Å². The molecule has 0 saturated heterocycles. The second-order valence-corrected chi connectivity index (χ2v) is 8.03. The number of rotatable bonds is 3. The van der Waals surface area contributed by atoms with Crippen LogP contribution in [0.2, 0.25) is 5.02 Å². The van der Waals surface area contributed by atoms with E-state index in [0.717, 1.165) is 40.7 Å². The second-order valence-electron chi connectivity index (χ2n) is 6.59. The molecule has 0 amide bonds. The molecule has 0 unspecified atom stereocenters. The number of halogens is 3. The number of pyridine rings is 1. The van der Waals surface area contributed by atoms with Crippen LogP contribution in [0.25, 0.3) is 31.8 Å². The molecule has 0 spiro atoms. The first-order valence-electron chi connectivity index (χ1n) is 8.42. The van der Waals surface area contributed by atoms with Crippen molar-refractivity contribution in [1.29, 1.82) is 0 Å². The van der Waals surface area contributed by atoms with Crippen LogP contribution < -0.4 is 5.56 Å². The Kier molecular flexibility index (Phi) is 3.77. The van der Waals surface area contributed by atoms with Gasteiger partial charge in [0.2, 0.25) is 0 Å². The molecule has 1 saturated carbocycles. The Morgan fingerprint density at radius 2 is 1.93 bits per heavy atom. The average molecular weight is 404 g/mol. The molecule has 1 aromatic carbocycles. The summed E-state index contributed by atoms with van der Waals surface area (Å²) < 4.78 is 26.9. The fourth-order valence-electron chi connectivity index (χ4n) is 3.27. The Balaban J connectivity index is 1.83. The number of benzene rings is 1. The van der Waals surface area contributed by atoms with E-state index in [1.165, 1.54) is 6.07 Å². The van der Waals surface area contributed by atoms with Crippen LogP contribution in [0.3, 0.4) is 0 Å². The fraction of sp³-hybridized carbons (Fsp3) is 0.211. The summed E-state index contributed by atoms with van der Waals surface area (Å²) in [5, 5.41) is 1.31. The monoisotopic (exact) mass is 403 g/mol. The number of hydrogen-bond donors (Lipinski definition) is 1. The van der Waals surface area contributed by atoms with Crippen LogP contribution >= 0.6 is 22.9 Å². The molecule has 4 nitrogen and oxygen atoms in total. The molecule has 3 heterocycles. The summed E-state index contributed by atoms with van der Waals surface area (Å²) in [5.41, 5.74) is 1.53. The maximum absolute atomic E-state index is 13.3. The molecule has 136 valence electrons. The Morgan fingerprint density at radius 1 is 1.19 bits per heavy atom. The molecule has 27 heavy (non-hydrogen) atoms. The van der Waals surface area contributed by atoms with E-state index < -0.39 is 6.43 Å². The van der Waals surface area contributed by atoms with Crippen molar-refractivity contribution in [2.75, 3.05) is 0 Å². The Hall–Kier alpha value is -2.38. The van der Waals surface area contributed by atoms with E-state index in [1.54, 1.807) is 24.3 Å². The van der Waals surface area contributed by atoms with Crippen LogP contribution in [0.4, 0.5) is 8.78 Å². The first-order chi connectivity index (χ1) is 13.0. The zero-order valence-electron chi connectivity index (χ0n) is 13.8. The number of nitrogens with zero attached hydrogens (tertiary/aromatic N) is 2. The minimum Gasteiger partial charge on any atom is -0.305 e. The molecular weight excluding hydrogens is 392 g/mol. The lowest BCUT2D eigenvalue weighted by Crippen LogP contribution is -2.07. The molecule has 1 fully saturated rings. The van der Waals surface area contributed by atoms with Crippen LogP contribution in [0.5, 0.6) is 0 Å². The predicted molar refractivity (Wildman–Crippen MR) is 103 cm³/mol. The van der Waals surface area contributed by atoms with Crippen molar-refractivity contribution in [3.63, 3.8) is 0 Å². The summed E-state index contributed by atoms with van der Waals surface area (Å²) in [6.45, 7) is 0. The molecule has 8 heteroatoms. The van der Waals surface area contributed by atoms with E-state index in [4.69, 9.17) is 11.6 Å². The molecular formula is C19H12ClF2N3OS. The van der Waals surface area contributed by atoms with Crippen molar-refractivity contribution >= 4 is 43.4 Å². The SMILES string of the molecule is O=c1[nH]c(-c2ccc(Cl)cc2)nc2c1sc1nc(C(F)F)cc(C3CC3)c12. The van der Waals surface area contributed by atoms with Crippen LogP contribution in [-0.2, 0) is 0 Å². The Labute approximate surface area is 160 Å². The van der Waals surface area contributed by atoms with Gasteiger partial charge in [0, 0.05) is 16.0 Å². The largest absolute Gasteiger partial charge is 0.305 e. The number of hydrogen-bond acceptors (Lipinski definition) is 4. The van der Waals surface area contributed by atoms with Gasteiger partial charge in [-0.2, -0.15) is 0 Å². The smallest absolute Gasteiger partial charge is 0.280 e. The number of nitrogens with one attached hydrogen (secondary N) is 1. The van der Waals surface area contributed by atoms with Gasteiger partial charge in [0.25, 0.3) is 12.0 Å². The molecule has 1 aliphatic rings. The van der Waals surface area contributed by atoms with Gasteiger partial charge in [-0.3, -0.25) is 4.79 Å². The Morgan fingerprint density at radius 3 is 2.59 bits per heavy atom. The van der Waals surface area contributed by atoms with Crippen molar-refractivity contribution in [2.45, 2.75) is 25.2 Å². The van der Waals surface area contributed by atoms with Gasteiger partial charge in [-0.25, -0.2) is 18.7 Å². The number of H-pyrrole nitrogens is 1. The number of thiophene rings is 1. The van der Waals surface area contributed by atoms with Gasteiger partial charge in [-0.15, -0.1) is 11.3 Å². The van der Waals surface area contributed by atoms with E-state index in [-0.39, 0.29) is 17.2 Å². The minimum atomic E-state index is -2.65. The van der Waals surface area contributed by atoms with Crippen molar-refractivity contribution in [3.05, 3.63) is 57.0 Å².